The molecular weight excluding hydrogens is 288 g/mol. The Morgan fingerprint density at radius 1 is 1.26 bits per heavy atom. The van der Waals surface area contributed by atoms with E-state index in [0.717, 1.165) is 51.3 Å². The zero-order chi connectivity index (χ0) is 16.7. The molecule has 1 saturated heterocycles. The van der Waals surface area contributed by atoms with E-state index in [4.69, 9.17) is 9.73 Å². The summed E-state index contributed by atoms with van der Waals surface area (Å²) in [5, 5.41) is 7.03. The van der Waals surface area contributed by atoms with Gasteiger partial charge in [0.25, 0.3) is 0 Å². The molecule has 1 aliphatic heterocycles. The highest BCUT2D eigenvalue weighted by Crippen LogP contribution is 2.34. The van der Waals surface area contributed by atoms with E-state index in [-0.39, 0.29) is 0 Å². The zero-order valence-corrected chi connectivity index (χ0v) is 15.5. The van der Waals surface area contributed by atoms with Crippen molar-refractivity contribution in [2.24, 2.45) is 16.8 Å². The van der Waals surface area contributed by atoms with E-state index in [9.17, 15) is 0 Å². The molecule has 3 unspecified atom stereocenters. The molecule has 1 heterocycles. The van der Waals surface area contributed by atoms with Crippen LogP contribution in [-0.2, 0) is 4.74 Å². The van der Waals surface area contributed by atoms with Gasteiger partial charge in [-0.25, -0.2) is 0 Å². The Hall–Kier alpha value is -0.810. The minimum absolute atomic E-state index is 0.500. The lowest BCUT2D eigenvalue weighted by Crippen LogP contribution is -2.48. The van der Waals surface area contributed by atoms with Gasteiger partial charge in [0.05, 0.1) is 19.8 Å². The molecule has 0 aromatic rings. The van der Waals surface area contributed by atoms with Crippen LogP contribution in [-0.4, -0.2) is 62.3 Å². The third kappa shape index (κ3) is 5.96. The smallest absolute Gasteiger partial charge is 0.191 e. The quantitative estimate of drug-likeness (QED) is 0.530. The van der Waals surface area contributed by atoms with Crippen LogP contribution < -0.4 is 10.6 Å². The lowest BCUT2D eigenvalue weighted by molar-refractivity contribution is 0.00867. The summed E-state index contributed by atoms with van der Waals surface area (Å²) < 4.78 is 5.49. The van der Waals surface area contributed by atoms with Gasteiger partial charge in [-0.3, -0.25) is 9.89 Å². The Balaban J connectivity index is 1.88. The number of morpholine rings is 1. The molecule has 3 atom stereocenters. The van der Waals surface area contributed by atoms with Crippen molar-refractivity contribution >= 4 is 5.96 Å². The summed E-state index contributed by atoms with van der Waals surface area (Å²) in [6, 6.07) is 1.13. The average Bonchev–Trinajstić information content (AvgIpc) is 3.26. The third-order valence-corrected chi connectivity index (χ3v) is 4.97. The maximum absolute atomic E-state index is 5.49. The Bertz CT molecular complexity index is 366. The van der Waals surface area contributed by atoms with Gasteiger partial charge in [0.1, 0.15) is 0 Å². The van der Waals surface area contributed by atoms with Gasteiger partial charge in [-0.2, -0.15) is 0 Å². The van der Waals surface area contributed by atoms with Crippen LogP contribution in [0.1, 0.15) is 47.0 Å². The molecule has 5 nitrogen and oxygen atoms in total. The van der Waals surface area contributed by atoms with Gasteiger partial charge >= 0.3 is 0 Å². The number of rotatable bonds is 8. The van der Waals surface area contributed by atoms with E-state index in [1.54, 1.807) is 0 Å². The predicted molar refractivity (Wildman–Crippen MR) is 96.9 cm³/mol. The van der Waals surface area contributed by atoms with Gasteiger partial charge in [-0.15, -0.1) is 0 Å². The van der Waals surface area contributed by atoms with E-state index in [0.29, 0.717) is 18.0 Å². The molecule has 0 bridgehead atoms. The summed E-state index contributed by atoms with van der Waals surface area (Å²) in [5.41, 5.74) is 0. The van der Waals surface area contributed by atoms with Crippen molar-refractivity contribution in [2.45, 2.75) is 59.0 Å². The van der Waals surface area contributed by atoms with Crippen LogP contribution >= 0.6 is 0 Å². The van der Waals surface area contributed by atoms with Crippen molar-refractivity contribution in [3.05, 3.63) is 0 Å². The van der Waals surface area contributed by atoms with E-state index in [2.05, 4.69) is 43.2 Å². The minimum atomic E-state index is 0.500. The number of guanidine groups is 1. The number of ether oxygens (including phenoxy) is 1. The third-order valence-electron chi connectivity index (χ3n) is 4.97. The molecule has 2 rings (SSSR count). The molecule has 2 fully saturated rings. The fourth-order valence-corrected chi connectivity index (χ4v) is 3.45. The average molecular weight is 325 g/mol. The Labute approximate surface area is 142 Å². The van der Waals surface area contributed by atoms with Gasteiger partial charge in [-0.1, -0.05) is 27.2 Å². The van der Waals surface area contributed by atoms with Gasteiger partial charge in [0.2, 0.25) is 0 Å². The van der Waals surface area contributed by atoms with Crippen molar-refractivity contribution < 1.29 is 4.74 Å². The van der Waals surface area contributed by atoms with E-state index < -0.39 is 0 Å². The van der Waals surface area contributed by atoms with Crippen LogP contribution in [0.3, 0.4) is 0 Å². The number of nitrogens with one attached hydrogen (secondary N) is 2. The topological polar surface area (TPSA) is 48.9 Å². The van der Waals surface area contributed by atoms with Crippen LogP contribution in [0, 0.1) is 11.8 Å². The van der Waals surface area contributed by atoms with Gasteiger partial charge < -0.3 is 15.4 Å². The van der Waals surface area contributed by atoms with Crippen LogP contribution in [0.25, 0.3) is 0 Å². The summed E-state index contributed by atoms with van der Waals surface area (Å²) in [6.07, 6.45) is 3.91. The monoisotopic (exact) mass is 324 g/mol. The molecule has 1 aliphatic carbocycles. The molecule has 0 aromatic carbocycles. The highest BCUT2D eigenvalue weighted by Gasteiger charge is 2.36. The number of hydrogen-bond donors (Lipinski definition) is 2. The first-order chi connectivity index (χ1) is 11.2. The fourth-order valence-electron chi connectivity index (χ4n) is 3.45. The molecule has 0 amide bonds. The maximum Gasteiger partial charge on any atom is 0.191 e. The molecule has 0 spiro atoms. The van der Waals surface area contributed by atoms with Crippen molar-refractivity contribution in [3.8, 4) is 0 Å². The van der Waals surface area contributed by atoms with E-state index >= 15 is 0 Å². The van der Waals surface area contributed by atoms with Crippen molar-refractivity contribution in [1.29, 1.82) is 0 Å². The Morgan fingerprint density at radius 2 is 2.00 bits per heavy atom. The van der Waals surface area contributed by atoms with Crippen LogP contribution in [0.5, 0.6) is 0 Å². The number of hydrogen-bond acceptors (Lipinski definition) is 3. The van der Waals surface area contributed by atoms with Gasteiger partial charge in [0, 0.05) is 31.7 Å². The van der Waals surface area contributed by atoms with Crippen molar-refractivity contribution in [1.82, 2.24) is 15.5 Å². The fraction of sp³-hybridized carbons (Fsp3) is 0.944. The second-order valence-corrected chi connectivity index (χ2v) is 7.21. The summed E-state index contributed by atoms with van der Waals surface area (Å²) >= 11 is 0. The first-order valence-electron chi connectivity index (χ1n) is 9.52. The minimum Gasteiger partial charge on any atom is -0.379 e. The second kappa shape index (κ2) is 9.48. The summed E-state index contributed by atoms with van der Waals surface area (Å²) in [6.45, 7) is 14.5. The molecule has 5 heteroatoms. The predicted octanol–water partition coefficient (Wildman–Crippen LogP) is 2.09. The molecule has 0 radical (unpaired) electrons. The summed E-state index contributed by atoms with van der Waals surface area (Å²) in [5.74, 6) is 2.45. The van der Waals surface area contributed by atoms with Crippen molar-refractivity contribution in [3.63, 3.8) is 0 Å². The lowest BCUT2D eigenvalue weighted by Gasteiger charge is -2.36. The Morgan fingerprint density at radius 3 is 2.61 bits per heavy atom. The second-order valence-electron chi connectivity index (χ2n) is 7.21. The van der Waals surface area contributed by atoms with Crippen LogP contribution in [0.2, 0.25) is 0 Å². The normalized spacial score (nSPS) is 27.1. The summed E-state index contributed by atoms with van der Waals surface area (Å²) in [4.78, 5) is 7.44. The first-order valence-corrected chi connectivity index (χ1v) is 9.52. The molecule has 23 heavy (non-hydrogen) atoms. The zero-order valence-electron chi connectivity index (χ0n) is 15.5. The molecule has 1 saturated carbocycles. The highest BCUT2D eigenvalue weighted by molar-refractivity contribution is 5.80. The highest BCUT2D eigenvalue weighted by atomic mass is 16.5. The molecule has 134 valence electrons. The molecule has 2 N–H and O–H groups in total. The first kappa shape index (κ1) is 18.5. The Kier molecular flexibility index (Phi) is 7.63. The van der Waals surface area contributed by atoms with Crippen LogP contribution in [0.4, 0.5) is 0 Å². The molecular formula is C18H36N4O. The lowest BCUT2D eigenvalue weighted by atomic mass is 10.0. The van der Waals surface area contributed by atoms with Gasteiger partial charge in [0.15, 0.2) is 5.96 Å². The van der Waals surface area contributed by atoms with E-state index in [1.807, 2.05) is 0 Å². The van der Waals surface area contributed by atoms with E-state index in [1.165, 1.54) is 19.3 Å². The SMILES string of the molecule is CCCC1CC1NC(=NCC(C(C)C)N1CCOCC1)NCC. The number of aliphatic imine (C=N–C) groups is 1. The largest absolute Gasteiger partial charge is 0.379 e. The summed E-state index contributed by atoms with van der Waals surface area (Å²) in [7, 11) is 0. The molecule has 2 aliphatic rings. The number of nitrogens with zero attached hydrogens (tertiary/aromatic N) is 2. The van der Waals surface area contributed by atoms with Gasteiger partial charge in [-0.05, 0) is 31.6 Å². The van der Waals surface area contributed by atoms with Crippen molar-refractivity contribution in [2.75, 3.05) is 39.4 Å². The standard InChI is InChI=1S/C18H36N4O/c1-5-7-15-12-16(15)21-18(19-6-2)20-13-17(14(3)4)22-8-10-23-11-9-22/h14-17H,5-13H2,1-4H3,(H2,19,20,21). The molecule has 0 aromatic heterocycles. The van der Waals surface area contributed by atoms with Crippen LogP contribution in [0.15, 0.2) is 4.99 Å². The maximum atomic E-state index is 5.49.